The summed E-state index contributed by atoms with van der Waals surface area (Å²) in [5.41, 5.74) is 6.78. The van der Waals surface area contributed by atoms with Crippen LogP contribution >= 0.6 is 0 Å². The van der Waals surface area contributed by atoms with E-state index in [-0.39, 0.29) is 0 Å². The van der Waals surface area contributed by atoms with Crippen molar-refractivity contribution in [3.63, 3.8) is 0 Å². The van der Waals surface area contributed by atoms with Gasteiger partial charge in [0.25, 0.3) is 0 Å². The van der Waals surface area contributed by atoms with Gasteiger partial charge in [0.2, 0.25) is 0 Å². The molecule has 2 heterocycles. The molecule has 8 aromatic rings. The van der Waals surface area contributed by atoms with Crippen molar-refractivity contribution in [3.05, 3.63) is 140 Å². The predicted molar refractivity (Wildman–Crippen MR) is 166 cm³/mol. The minimum Gasteiger partial charge on any atom is -0.455 e. The first-order valence-electron chi connectivity index (χ1n) is 13.6. The van der Waals surface area contributed by atoms with Crippen molar-refractivity contribution in [2.75, 3.05) is 0 Å². The average Bonchev–Trinajstić information content (AvgIpc) is 3.44. The van der Waals surface area contributed by atoms with Crippen LogP contribution in [0.4, 0.5) is 0 Å². The fourth-order valence-electron chi connectivity index (χ4n) is 5.62. The van der Waals surface area contributed by atoms with Crippen molar-refractivity contribution < 1.29 is 4.42 Å². The molecule has 41 heavy (non-hydrogen) atoms. The van der Waals surface area contributed by atoms with E-state index in [0.29, 0.717) is 17.5 Å². The first-order valence-corrected chi connectivity index (χ1v) is 13.6. The maximum atomic E-state index is 6.58. The number of furan rings is 1. The summed E-state index contributed by atoms with van der Waals surface area (Å²) in [6.45, 7) is 0. The van der Waals surface area contributed by atoms with Gasteiger partial charge in [-0.2, -0.15) is 0 Å². The fourth-order valence-corrected chi connectivity index (χ4v) is 5.62. The van der Waals surface area contributed by atoms with Crippen LogP contribution in [-0.4, -0.2) is 15.0 Å². The van der Waals surface area contributed by atoms with E-state index in [1.807, 2.05) is 78.9 Å². The van der Waals surface area contributed by atoms with Gasteiger partial charge in [-0.1, -0.05) is 127 Å². The minimum absolute atomic E-state index is 0.612. The molecule has 0 aliphatic carbocycles. The molecule has 0 amide bonds. The summed E-state index contributed by atoms with van der Waals surface area (Å²) in [7, 11) is 0. The Morgan fingerprint density at radius 1 is 0.390 bits per heavy atom. The van der Waals surface area contributed by atoms with Crippen LogP contribution in [0, 0.1) is 0 Å². The Balaban J connectivity index is 1.45. The Hall–Kier alpha value is -5.61. The van der Waals surface area contributed by atoms with Crippen LogP contribution in [0.15, 0.2) is 144 Å². The Labute approximate surface area is 236 Å². The Morgan fingerprint density at radius 3 is 1.56 bits per heavy atom. The lowest BCUT2D eigenvalue weighted by atomic mass is 9.94. The molecule has 0 radical (unpaired) electrons. The van der Waals surface area contributed by atoms with Crippen molar-refractivity contribution in [1.29, 1.82) is 0 Å². The molecule has 6 aromatic carbocycles. The van der Waals surface area contributed by atoms with E-state index in [1.54, 1.807) is 0 Å². The van der Waals surface area contributed by atoms with Crippen LogP contribution in [0.1, 0.15) is 0 Å². The summed E-state index contributed by atoms with van der Waals surface area (Å²) >= 11 is 0. The molecule has 0 fully saturated rings. The highest BCUT2D eigenvalue weighted by Crippen LogP contribution is 2.42. The number of hydrogen-bond acceptors (Lipinski definition) is 4. The second-order valence-corrected chi connectivity index (χ2v) is 10.0. The third kappa shape index (κ3) is 3.97. The number of nitrogens with zero attached hydrogens (tertiary/aromatic N) is 3. The number of fused-ring (bicyclic) bond motifs is 5. The topological polar surface area (TPSA) is 51.8 Å². The Kier molecular flexibility index (Phi) is 5.42. The summed E-state index contributed by atoms with van der Waals surface area (Å²) in [6.07, 6.45) is 0. The number of benzene rings is 6. The van der Waals surface area contributed by atoms with Crippen LogP contribution in [-0.2, 0) is 0 Å². The highest BCUT2D eigenvalue weighted by Gasteiger charge is 2.20. The monoisotopic (exact) mass is 525 g/mol. The lowest BCUT2D eigenvalue weighted by Gasteiger charge is -2.10. The molecule has 0 unspecified atom stereocenters. The summed E-state index contributed by atoms with van der Waals surface area (Å²) in [5.74, 6) is 1.88. The van der Waals surface area contributed by atoms with E-state index in [9.17, 15) is 0 Å². The summed E-state index contributed by atoms with van der Waals surface area (Å²) < 4.78 is 6.58. The molecule has 0 aliphatic rings. The van der Waals surface area contributed by atoms with E-state index >= 15 is 0 Å². The molecule has 0 N–H and O–H groups in total. The maximum Gasteiger partial charge on any atom is 0.164 e. The number of rotatable bonds is 4. The van der Waals surface area contributed by atoms with Gasteiger partial charge in [0, 0.05) is 32.8 Å². The molecule has 4 heteroatoms. The molecule has 192 valence electrons. The second kappa shape index (κ2) is 9.54. The molecule has 0 saturated carbocycles. The maximum absolute atomic E-state index is 6.58. The number of aromatic nitrogens is 3. The first-order chi connectivity index (χ1) is 20.3. The second-order valence-electron chi connectivity index (χ2n) is 10.0. The SMILES string of the molecule is c1ccc(-c2nc(-c3ccccc3)nc(-c3cccc4oc5c6ccccc6c(-c6ccccc6)cc5c34)n2)cc1. The summed E-state index contributed by atoms with van der Waals surface area (Å²) in [4.78, 5) is 14.9. The molecule has 0 saturated heterocycles. The van der Waals surface area contributed by atoms with Gasteiger partial charge in [-0.25, -0.2) is 15.0 Å². The molecule has 4 nitrogen and oxygen atoms in total. The van der Waals surface area contributed by atoms with E-state index in [2.05, 4.69) is 60.7 Å². The van der Waals surface area contributed by atoms with Crippen LogP contribution in [0.5, 0.6) is 0 Å². The van der Waals surface area contributed by atoms with Crippen molar-refractivity contribution in [2.45, 2.75) is 0 Å². The Morgan fingerprint density at radius 2 is 0.927 bits per heavy atom. The fraction of sp³-hybridized carbons (Fsp3) is 0. The van der Waals surface area contributed by atoms with Crippen molar-refractivity contribution in [3.8, 4) is 45.3 Å². The lowest BCUT2D eigenvalue weighted by Crippen LogP contribution is -2.00. The van der Waals surface area contributed by atoms with Gasteiger partial charge < -0.3 is 4.42 Å². The zero-order chi connectivity index (χ0) is 27.2. The zero-order valence-electron chi connectivity index (χ0n) is 22.0. The molecule has 0 atom stereocenters. The minimum atomic E-state index is 0.612. The molecular weight excluding hydrogens is 502 g/mol. The number of hydrogen-bond donors (Lipinski definition) is 0. The molecule has 2 aromatic heterocycles. The van der Waals surface area contributed by atoms with Crippen LogP contribution in [0.25, 0.3) is 78.0 Å². The van der Waals surface area contributed by atoms with Gasteiger partial charge in [0.15, 0.2) is 17.5 Å². The average molecular weight is 526 g/mol. The van der Waals surface area contributed by atoms with Gasteiger partial charge in [0.1, 0.15) is 11.2 Å². The van der Waals surface area contributed by atoms with Gasteiger partial charge in [-0.05, 0) is 28.6 Å². The van der Waals surface area contributed by atoms with Crippen molar-refractivity contribution in [2.24, 2.45) is 0 Å². The van der Waals surface area contributed by atoms with Crippen LogP contribution in [0.3, 0.4) is 0 Å². The Bertz CT molecular complexity index is 2130. The van der Waals surface area contributed by atoms with Crippen LogP contribution < -0.4 is 0 Å². The largest absolute Gasteiger partial charge is 0.455 e. The van der Waals surface area contributed by atoms with Gasteiger partial charge in [-0.15, -0.1) is 0 Å². The standard InChI is InChI=1S/C37H23N3O/c1-4-13-24(14-5-1)30-23-31-33-29(21-12-22-32(33)41-34(31)28-20-11-10-19-27(28)30)37-39-35(25-15-6-2-7-16-25)38-36(40-37)26-17-8-3-9-18-26/h1-23H. The predicted octanol–water partition coefficient (Wildman–Crippen LogP) is 9.59. The lowest BCUT2D eigenvalue weighted by molar-refractivity contribution is 0.673. The van der Waals surface area contributed by atoms with E-state index in [1.165, 1.54) is 0 Å². The highest BCUT2D eigenvalue weighted by molar-refractivity contribution is 6.21. The molecule has 0 bridgehead atoms. The van der Waals surface area contributed by atoms with Crippen molar-refractivity contribution >= 4 is 32.7 Å². The summed E-state index contributed by atoms with van der Waals surface area (Å²) in [5, 5.41) is 4.27. The molecule has 0 spiro atoms. The van der Waals surface area contributed by atoms with E-state index in [4.69, 9.17) is 19.4 Å². The smallest absolute Gasteiger partial charge is 0.164 e. The quantitative estimate of drug-likeness (QED) is 0.230. The van der Waals surface area contributed by atoms with E-state index < -0.39 is 0 Å². The van der Waals surface area contributed by atoms with Gasteiger partial charge in [0.05, 0.1) is 0 Å². The zero-order valence-corrected chi connectivity index (χ0v) is 22.0. The van der Waals surface area contributed by atoms with Crippen molar-refractivity contribution in [1.82, 2.24) is 15.0 Å². The highest BCUT2D eigenvalue weighted by atomic mass is 16.3. The third-order valence-corrected chi connectivity index (χ3v) is 7.53. The van der Waals surface area contributed by atoms with Crippen LogP contribution in [0.2, 0.25) is 0 Å². The van der Waals surface area contributed by atoms with Gasteiger partial charge in [-0.3, -0.25) is 0 Å². The van der Waals surface area contributed by atoms with Gasteiger partial charge >= 0.3 is 0 Å². The third-order valence-electron chi connectivity index (χ3n) is 7.53. The molecule has 8 rings (SSSR count). The first kappa shape index (κ1) is 23.3. The molecule has 0 aliphatic heterocycles. The summed E-state index contributed by atoms with van der Waals surface area (Å²) in [6, 6.07) is 47.4. The normalized spacial score (nSPS) is 11.4. The molecular formula is C37H23N3O. The van der Waals surface area contributed by atoms with E-state index in [0.717, 1.165) is 60.5 Å².